The molecule has 4 aromatic rings. The van der Waals surface area contributed by atoms with Gasteiger partial charge in [-0.1, -0.05) is 23.9 Å². The lowest BCUT2D eigenvalue weighted by Crippen LogP contribution is -2.22. The third kappa shape index (κ3) is 3.75. The monoisotopic (exact) mass is 479 g/mol. The Balaban J connectivity index is 1.36. The number of carbonyl (C=O) groups is 1. The largest absolute Gasteiger partial charge is 0.435 e. The maximum absolute atomic E-state index is 12.8. The zero-order chi connectivity index (χ0) is 23.8. The second kappa shape index (κ2) is 8.60. The molecule has 0 fully saturated rings. The van der Waals surface area contributed by atoms with Crippen LogP contribution in [0.2, 0.25) is 0 Å². The summed E-state index contributed by atoms with van der Waals surface area (Å²) >= 11 is 1.22. The molecular weight excluding hydrogens is 464 g/mol. The van der Waals surface area contributed by atoms with Crippen LogP contribution in [0.15, 0.2) is 65.3 Å². The maximum Gasteiger partial charge on any atom is 0.387 e. The molecule has 0 bridgehead atoms. The minimum atomic E-state index is -2.92. The number of halogens is 2. The fourth-order valence-electron chi connectivity index (χ4n) is 3.71. The van der Waals surface area contributed by atoms with Gasteiger partial charge in [0.1, 0.15) is 17.5 Å². The first-order valence-corrected chi connectivity index (χ1v) is 10.9. The zero-order valence-corrected chi connectivity index (χ0v) is 18.1. The van der Waals surface area contributed by atoms with Gasteiger partial charge in [-0.25, -0.2) is 9.66 Å². The summed E-state index contributed by atoms with van der Waals surface area (Å²) < 4.78 is 31.7. The number of benzene rings is 2. The Morgan fingerprint density at radius 2 is 1.94 bits per heavy atom. The molecule has 1 aliphatic rings. The lowest BCUT2D eigenvalue weighted by molar-refractivity contribution is -0.0498. The van der Waals surface area contributed by atoms with E-state index < -0.39 is 12.5 Å². The van der Waals surface area contributed by atoms with Crippen LogP contribution in [-0.2, 0) is 0 Å². The van der Waals surface area contributed by atoms with Crippen LogP contribution in [0, 0.1) is 11.3 Å². The van der Waals surface area contributed by atoms with E-state index in [0.29, 0.717) is 39.0 Å². The van der Waals surface area contributed by atoms with Gasteiger partial charge in [0.05, 0.1) is 17.1 Å². The van der Waals surface area contributed by atoms with Crippen molar-refractivity contribution in [3.63, 3.8) is 0 Å². The Hall–Kier alpha value is -4.24. The number of nitrogens with two attached hydrogens (primary N) is 1. The standard InChI is InChI=1S/C22H15F2N7O2S/c23-21(24)33-14-7-5-12(6-8-14)19-28-29-22(31(19)26)34-11-13-9-18(32)30-17-4-2-1-3-16(17)27-20(30)15(13)10-25/h1-9,15,21H,11,26H2/t15-/m1/s1. The average molecular weight is 479 g/mol. The quantitative estimate of drug-likeness (QED) is 0.329. The van der Waals surface area contributed by atoms with Gasteiger partial charge in [-0.2, -0.15) is 14.0 Å². The highest BCUT2D eigenvalue weighted by Crippen LogP contribution is 2.34. The van der Waals surface area contributed by atoms with E-state index in [2.05, 4.69) is 26.0 Å². The summed E-state index contributed by atoms with van der Waals surface area (Å²) in [5, 5.41) is 18.3. The number of nitrogens with zero attached hydrogens (tertiary/aromatic N) is 6. The van der Waals surface area contributed by atoms with E-state index in [-0.39, 0.29) is 17.4 Å². The number of alkyl halides is 2. The van der Waals surface area contributed by atoms with E-state index in [4.69, 9.17) is 5.84 Å². The molecule has 0 saturated heterocycles. The van der Waals surface area contributed by atoms with Crippen molar-refractivity contribution in [1.29, 1.82) is 5.26 Å². The molecule has 0 amide bonds. The van der Waals surface area contributed by atoms with Crippen molar-refractivity contribution in [3.8, 4) is 23.2 Å². The molecule has 1 atom stereocenters. The Morgan fingerprint density at radius 1 is 1.18 bits per heavy atom. The third-order valence-electron chi connectivity index (χ3n) is 5.24. The van der Waals surface area contributed by atoms with Gasteiger partial charge >= 0.3 is 6.61 Å². The fraction of sp³-hybridized carbons (Fsp3) is 0.136. The lowest BCUT2D eigenvalue weighted by atomic mass is 9.98. The molecule has 12 heteroatoms. The molecule has 34 heavy (non-hydrogen) atoms. The number of rotatable bonds is 6. The van der Waals surface area contributed by atoms with Crippen molar-refractivity contribution >= 4 is 28.7 Å². The van der Waals surface area contributed by atoms with E-state index >= 15 is 0 Å². The number of nitriles is 1. The topological polar surface area (TPSA) is 125 Å². The van der Waals surface area contributed by atoms with E-state index in [1.54, 1.807) is 12.1 Å². The highest BCUT2D eigenvalue weighted by molar-refractivity contribution is 7.99. The van der Waals surface area contributed by atoms with Crippen LogP contribution >= 0.6 is 11.8 Å². The summed E-state index contributed by atoms with van der Waals surface area (Å²) in [4.78, 5) is 17.3. The molecule has 2 aromatic carbocycles. The molecule has 0 spiro atoms. The minimum absolute atomic E-state index is 0.0129. The average Bonchev–Trinajstić information content (AvgIpc) is 3.39. The SMILES string of the molecule is N#C[C@@H]1C(CSc2nnc(-c3ccc(OC(F)F)cc3)n2N)=CC(=O)n2c1nc1ccccc12. The molecule has 0 radical (unpaired) electrons. The third-order valence-corrected chi connectivity index (χ3v) is 6.26. The highest BCUT2D eigenvalue weighted by Gasteiger charge is 2.31. The van der Waals surface area contributed by atoms with Gasteiger partial charge in [0.25, 0.3) is 5.91 Å². The maximum atomic E-state index is 12.8. The number of nitrogen functional groups attached to an aromatic ring is 1. The van der Waals surface area contributed by atoms with Crippen molar-refractivity contribution in [3.05, 3.63) is 66.0 Å². The van der Waals surface area contributed by atoms with E-state index in [1.165, 1.54) is 51.3 Å². The van der Waals surface area contributed by atoms with Crippen LogP contribution in [-0.4, -0.2) is 42.7 Å². The number of aromatic nitrogens is 5. The van der Waals surface area contributed by atoms with Gasteiger partial charge in [0.2, 0.25) is 5.16 Å². The van der Waals surface area contributed by atoms with E-state index in [9.17, 15) is 18.8 Å². The number of hydrogen-bond donors (Lipinski definition) is 1. The number of ether oxygens (including phenoxy) is 1. The summed E-state index contributed by atoms with van der Waals surface area (Å²) in [7, 11) is 0. The molecule has 2 N–H and O–H groups in total. The summed E-state index contributed by atoms with van der Waals surface area (Å²) in [5.74, 6) is 6.15. The van der Waals surface area contributed by atoms with Crippen molar-refractivity contribution in [2.45, 2.75) is 17.7 Å². The first kappa shape index (κ1) is 21.6. The number of imidazole rings is 1. The smallest absolute Gasteiger partial charge is 0.387 e. The predicted molar refractivity (Wildman–Crippen MR) is 120 cm³/mol. The summed E-state index contributed by atoms with van der Waals surface area (Å²) in [6, 6.07) is 15.3. The van der Waals surface area contributed by atoms with Crippen molar-refractivity contribution in [2.75, 3.05) is 11.6 Å². The normalized spacial score (nSPS) is 15.3. The zero-order valence-electron chi connectivity index (χ0n) is 17.3. The van der Waals surface area contributed by atoms with Gasteiger partial charge in [0.15, 0.2) is 5.82 Å². The van der Waals surface area contributed by atoms with Gasteiger partial charge in [-0.15, -0.1) is 10.2 Å². The van der Waals surface area contributed by atoms with Crippen LogP contribution in [0.1, 0.15) is 16.5 Å². The molecule has 1 aliphatic heterocycles. The van der Waals surface area contributed by atoms with E-state index in [1.807, 2.05) is 12.1 Å². The van der Waals surface area contributed by atoms with E-state index in [0.717, 1.165) is 0 Å². The lowest BCUT2D eigenvalue weighted by Gasteiger charge is -2.19. The Labute approximate surface area is 195 Å². The van der Waals surface area contributed by atoms with Crippen molar-refractivity contribution < 1.29 is 18.3 Å². The van der Waals surface area contributed by atoms with Gasteiger partial charge in [-0.05, 0) is 42.0 Å². The number of carbonyl (C=O) groups excluding carboxylic acids is 1. The van der Waals surface area contributed by atoms with Crippen LogP contribution in [0.25, 0.3) is 22.4 Å². The first-order chi connectivity index (χ1) is 16.5. The number of thioether (sulfide) groups is 1. The van der Waals surface area contributed by atoms with Crippen LogP contribution in [0.5, 0.6) is 5.75 Å². The molecule has 0 aliphatic carbocycles. The Morgan fingerprint density at radius 3 is 2.68 bits per heavy atom. The predicted octanol–water partition coefficient (Wildman–Crippen LogP) is 3.59. The first-order valence-electron chi connectivity index (χ1n) is 9.96. The molecule has 0 saturated carbocycles. The summed E-state index contributed by atoms with van der Waals surface area (Å²) in [6.45, 7) is -2.92. The number of hydrogen-bond acceptors (Lipinski definition) is 8. The second-order valence-electron chi connectivity index (χ2n) is 7.28. The van der Waals surface area contributed by atoms with Crippen molar-refractivity contribution in [2.24, 2.45) is 0 Å². The van der Waals surface area contributed by atoms with Gasteiger partial charge < -0.3 is 10.6 Å². The summed E-state index contributed by atoms with van der Waals surface area (Å²) in [6.07, 6.45) is 1.45. The number of allylic oxidation sites excluding steroid dienone is 1. The molecule has 2 aromatic heterocycles. The Bertz CT molecular complexity index is 1470. The Kier molecular flexibility index (Phi) is 5.46. The molecule has 3 heterocycles. The van der Waals surface area contributed by atoms with Crippen molar-refractivity contribution in [1.82, 2.24) is 24.4 Å². The molecule has 5 rings (SSSR count). The number of para-hydroxylation sites is 2. The molecular formula is C22H15F2N7O2S. The molecule has 170 valence electrons. The highest BCUT2D eigenvalue weighted by atomic mass is 32.2. The van der Waals surface area contributed by atoms with Crippen LogP contribution < -0.4 is 10.6 Å². The molecule has 0 unspecified atom stereocenters. The number of fused-ring (bicyclic) bond motifs is 3. The van der Waals surface area contributed by atoms with Crippen LogP contribution in [0.3, 0.4) is 0 Å². The minimum Gasteiger partial charge on any atom is -0.435 e. The van der Waals surface area contributed by atoms with Gasteiger partial charge in [-0.3, -0.25) is 9.36 Å². The fourth-order valence-corrected chi connectivity index (χ4v) is 4.58. The second-order valence-corrected chi connectivity index (χ2v) is 8.22. The summed E-state index contributed by atoms with van der Waals surface area (Å²) in [5.41, 5.74) is 2.43. The van der Waals surface area contributed by atoms with Crippen LogP contribution in [0.4, 0.5) is 8.78 Å². The van der Waals surface area contributed by atoms with Gasteiger partial charge in [0, 0.05) is 17.4 Å². The molecule has 9 nitrogen and oxygen atoms in total.